The Morgan fingerprint density at radius 3 is 1.47 bits per heavy atom. The van der Waals surface area contributed by atoms with E-state index in [0.717, 1.165) is 0 Å². The first-order valence-electron chi connectivity index (χ1n) is 3.59. The predicted molar refractivity (Wildman–Crippen MR) is 63.3 cm³/mol. The van der Waals surface area contributed by atoms with E-state index in [1.165, 1.54) is 0 Å². The molecule has 0 saturated heterocycles. The zero-order chi connectivity index (χ0) is 12.4. The Hall–Kier alpha value is 0.409. The number of hydrogen-bond donors (Lipinski definition) is 5. The molecule has 0 aliphatic carbocycles. The van der Waals surface area contributed by atoms with Crippen molar-refractivity contribution in [2.24, 2.45) is 0 Å². The third kappa shape index (κ3) is 18.4. The van der Waals surface area contributed by atoms with E-state index in [9.17, 15) is 4.79 Å². The van der Waals surface area contributed by atoms with Crippen LogP contribution in [0.25, 0.3) is 0 Å². The van der Waals surface area contributed by atoms with Gasteiger partial charge in [-0.1, -0.05) is 0 Å². The first-order valence-corrected chi connectivity index (χ1v) is 6.63. The van der Waals surface area contributed by atoms with Gasteiger partial charge in [-0.05, 0) is 0 Å². The maximum atomic E-state index is 9.90. The van der Waals surface area contributed by atoms with Crippen LogP contribution in [0.5, 0.6) is 0 Å². The zero-order valence-corrected chi connectivity index (χ0v) is 12.0. The summed E-state index contributed by atoms with van der Waals surface area (Å²) >= 11 is 0.194. The van der Waals surface area contributed by atoms with Crippen molar-refractivity contribution in [3.05, 3.63) is 0 Å². The molecule has 0 rings (SSSR count). The standard InChI is InChI=1S/C6H12O6.2ClH.Fe.4H2O/c7-1-3(9)5(11)6(12)4(10)2-8;;;;;;;/h1,3-6,8-12H,2H2;2*1H;;4*1H2/q;;;+2;;;;/p-2/t3-,4+,5+,6+;;;;;;;/m0......./s1. The summed E-state index contributed by atoms with van der Waals surface area (Å²) in [6, 6.07) is 0. The molecule has 0 spiro atoms. The summed E-state index contributed by atoms with van der Waals surface area (Å²) in [5.41, 5.74) is 0. The maximum absolute atomic E-state index is 9.90. The van der Waals surface area contributed by atoms with E-state index in [2.05, 4.69) is 0 Å². The van der Waals surface area contributed by atoms with E-state index in [1.807, 2.05) is 0 Å². The van der Waals surface area contributed by atoms with Crippen LogP contribution in [0.3, 0.4) is 0 Å². The number of carbonyl (C=O) groups is 1. The predicted octanol–water partition coefficient (Wildman–Crippen LogP) is -5.30. The van der Waals surface area contributed by atoms with Crippen LogP contribution in [0.2, 0.25) is 0 Å². The van der Waals surface area contributed by atoms with Gasteiger partial charge < -0.3 is 52.2 Å². The Labute approximate surface area is 123 Å². The fourth-order valence-electron chi connectivity index (χ4n) is 0.618. The van der Waals surface area contributed by atoms with Crippen molar-refractivity contribution in [3.8, 4) is 0 Å². The molecule has 0 aliphatic rings. The van der Waals surface area contributed by atoms with Crippen LogP contribution in [0, 0.1) is 0 Å². The number of carbonyl (C=O) groups excluding carboxylic acids is 1. The Kier molecular flexibility index (Phi) is 45.2. The second-order valence-corrected chi connectivity index (χ2v) is 4.23. The number of aliphatic hydroxyl groups is 5. The van der Waals surface area contributed by atoms with Crippen molar-refractivity contribution < 1.29 is 65.4 Å². The Balaban J connectivity index is -0.0000000551. The van der Waals surface area contributed by atoms with Crippen molar-refractivity contribution in [3.63, 3.8) is 0 Å². The van der Waals surface area contributed by atoms with Crippen LogP contribution in [0.15, 0.2) is 0 Å². The fraction of sp³-hybridized carbons (Fsp3) is 0.833. The van der Waals surface area contributed by atoms with Crippen molar-refractivity contribution in [2.45, 2.75) is 24.4 Å². The third-order valence-electron chi connectivity index (χ3n) is 1.42. The molecule has 10 nitrogen and oxygen atoms in total. The Morgan fingerprint density at radius 1 is 0.947 bits per heavy atom. The second kappa shape index (κ2) is 23.5. The summed E-state index contributed by atoms with van der Waals surface area (Å²) < 4.78 is 0. The number of rotatable bonds is 5. The van der Waals surface area contributed by atoms with Gasteiger partial charge in [0.15, 0.2) is 6.29 Å². The van der Waals surface area contributed by atoms with Crippen LogP contribution in [0.1, 0.15) is 0 Å². The SMILES string of the molecule is O.O.O.O.O=C[C@H](O)[C@@H](O)[C@H](O)[C@H](O)CO.[Cl][Fe][Cl]. The summed E-state index contributed by atoms with van der Waals surface area (Å²) in [6.07, 6.45) is -6.84. The van der Waals surface area contributed by atoms with Gasteiger partial charge in [-0.15, -0.1) is 0 Å². The van der Waals surface area contributed by atoms with Gasteiger partial charge in [0.05, 0.1) is 6.61 Å². The molecule has 4 atom stereocenters. The summed E-state index contributed by atoms with van der Waals surface area (Å²) in [7, 11) is 9.53. The van der Waals surface area contributed by atoms with Crippen LogP contribution in [0.4, 0.5) is 0 Å². The number of halogens is 2. The average Bonchev–Trinajstić information content (AvgIpc) is 2.25. The van der Waals surface area contributed by atoms with Crippen LogP contribution in [-0.2, 0) is 17.9 Å². The van der Waals surface area contributed by atoms with Crippen LogP contribution >= 0.6 is 20.2 Å². The molecule has 0 heterocycles. The molecular weight excluding hydrogens is 359 g/mol. The van der Waals surface area contributed by atoms with Gasteiger partial charge in [-0.25, -0.2) is 0 Å². The molecule has 0 aromatic heterocycles. The van der Waals surface area contributed by atoms with Gasteiger partial charge in [0, 0.05) is 0 Å². The normalized spacial score (nSPS) is 14.5. The summed E-state index contributed by atoms with van der Waals surface area (Å²) in [5.74, 6) is 0. The van der Waals surface area contributed by atoms with Gasteiger partial charge in [-0.2, -0.15) is 0 Å². The third-order valence-corrected chi connectivity index (χ3v) is 1.42. The molecule has 126 valence electrons. The van der Waals surface area contributed by atoms with Crippen molar-refractivity contribution in [1.29, 1.82) is 0 Å². The van der Waals surface area contributed by atoms with Gasteiger partial charge in [0.25, 0.3) is 0 Å². The van der Waals surface area contributed by atoms with Gasteiger partial charge in [0.1, 0.15) is 24.4 Å². The molecule has 0 unspecified atom stereocenters. The molecule has 0 amide bonds. The van der Waals surface area contributed by atoms with Gasteiger partial charge in [-0.3, -0.25) is 0 Å². The van der Waals surface area contributed by atoms with Crippen molar-refractivity contribution >= 4 is 26.5 Å². The van der Waals surface area contributed by atoms with E-state index >= 15 is 0 Å². The molecular formula is C6H20Cl2FeO10. The molecule has 13 N–H and O–H groups in total. The molecule has 19 heavy (non-hydrogen) atoms. The summed E-state index contributed by atoms with van der Waals surface area (Å²) in [5, 5.41) is 43.5. The van der Waals surface area contributed by atoms with Gasteiger partial charge >= 0.3 is 33.3 Å². The molecule has 13 heteroatoms. The number of aliphatic hydroxyl groups excluding tert-OH is 5. The quantitative estimate of drug-likeness (QED) is 0.230. The molecule has 0 aromatic carbocycles. The second-order valence-electron chi connectivity index (χ2n) is 2.41. The number of hydrogen-bond acceptors (Lipinski definition) is 6. The molecule has 0 bridgehead atoms. The Morgan fingerprint density at radius 2 is 1.26 bits per heavy atom. The Bertz CT molecular complexity index is 167. The molecule has 0 aliphatic heterocycles. The number of aldehydes is 1. The molecule has 0 aromatic rings. The molecule has 0 radical (unpaired) electrons. The average molecular weight is 379 g/mol. The van der Waals surface area contributed by atoms with E-state index < -0.39 is 31.0 Å². The monoisotopic (exact) mass is 378 g/mol. The first kappa shape index (κ1) is 36.6. The summed E-state index contributed by atoms with van der Waals surface area (Å²) in [6.45, 7) is -0.760. The zero-order valence-electron chi connectivity index (χ0n) is 9.35. The van der Waals surface area contributed by atoms with Crippen LogP contribution < -0.4 is 0 Å². The first-order chi connectivity index (χ1) is 6.95. The van der Waals surface area contributed by atoms with E-state index in [-0.39, 0.29) is 41.3 Å². The van der Waals surface area contributed by atoms with E-state index in [1.54, 1.807) is 0 Å². The topological polar surface area (TPSA) is 244 Å². The fourth-order valence-corrected chi connectivity index (χ4v) is 0.618. The van der Waals surface area contributed by atoms with E-state index in [0.29, 0.717) is 0 Å². The van der Waals surface area contributed by atoms with E-state index in [4.69, 9.17) is 45.7 Å². The minimum absolute atomic E-state index is 0. The van der Waals surface area contributed by atoms with Crippen molar-refractivity contribution in [1.82, 2.24) is 0 Å². The molecule has 0 fully saturated rings. The molecule has 0 saturated carbocycles. The van der Waals surface area contributed by atoms with Crippen LogP contribution in [-0.4, -0.2) is 84.7 Å². The van der Waals surface area contributed by atoms with Gasteiger partial charge in [0.2, 0.25) is 0 Å². The summed E-state index contributed by atoms with van der Waals surface area (Å²) in [4.78, 5) is 9.90. The van der Waals surface area contributed by atoms with Crippen molar-refractivity contribution in [2.75, 3.05) is 6.61 Å². The minimum atomic E-state index is -1.79.